The molecule has 110 valence electrons. The van der Waals surface area contributed by atoms with Crippen molar-refractivity contribution in [2.45, 2.75) is 38.1 Å². The molecule has 1 saturated carbocycles. The summed E-state index contributed by atoms with van der Waals surface area (Å²) < 4.78 is 0. The third kappa shape index (κ3) is 4.34. The Hall–Kier alpha value is -1.35. The lowest BCUT2D eigenvalue weighted by atomic mass is 10.0. The molecule has 1 aliphatic rings. The quantitative estimate of drug-likeness (QED) is 0.864. The van der Waals surface area contributed by atoms with Gasteiger partial charge >= 0.3 is 0 Å². The fourth-order valence-corrected chi connectivity index (χ4v) is 2.87. The molecular formula is C17H26N2O. The zero-order chi connectivity index (χ0) is 14.4. The van der Waals surface area contributed by atoms with Crippen LogP contribution in [0.5, 0.6) is 0 Å². The Labute approximate surface area is 122 Å². The number of nitrogens with zero attached hydrogens (tertiary/aromatic N) is 1. The molecule has 1 aromatic carbocycles. The monoisotopic (exact) mass is 274 g/mol. The third-order valence-corrected chi connectivity index (χ3v) is 4.28. The van der Waals surface area contributed by atoms with Gasteiger partial charge in [0, 0.05) is 18.5 Å². The Balaban J connectivity index is 1.84. The molecule has 1 aromatic rings. The van der Waals surface area contributed by atoms with E-state index in [1.807, 2.05) is 6.07 Å². The van der Waals surface area contributed by atoms with Gasteiger partial charge in [-0.2, -0.15) is 0 Å². The maximum absolute atomic E-state index is 12.1. The van der Waals surface area contributed by atoms with Gasteiger partial charge in [-0.15, -0.1) is 0 Å². The van der Waals surface area contributed by atoms with Crippen molar-refractivity contribution in [3.63, 3.8) is 0 Å². The van der Waals surface area contributed by atoms with Crippen molar-refractivity contribution >= 4 is 5.91 Å². The number of carbonyl (C=O) groups excluding carboxylic acids is 1. The molecule has 0 unspecified atom stereocenters. The van der Waals surface area contributed by atoms with Crippen LogP contribution >= 0.6 is 0 Å². The summed E-state index contributed by atoms with van der Waals surface area (Å²) in [5.74, 6) is 0.511. The summed E-state index contributed by atoms with van der Waals surface area (Å²) >= 11 is 0. The topological polar surface area (TPSA) is 32.3 Å². The van der Waals surface area contributed by atoms with Crippen LogP contribution in [-0.2, 0) is 11.2 Å². The second kappa shape index (κ2) is 7.44. The Kier molecular flexibility index (Phi) is 5.60. The molecular weight excluding hydrogens is 248 g/mol. The summed E-state index contributed by atoms with van der Waals surface area (Å²) in [6.07, 6.45) is 5.52. The maximum Gasteiger partial charge on any atom is 0.223 e. The van der Waals surface area contributed by atoms with E-state index in [9.17, 15) is 4.79 Å². The maximum atomic E-state index is 12.1. The summed E-state index contributed by atoms with van der Waals surface area (Å²) in [5.41, 5.74) is 1.32. The molecule has 0 aliphatic heterocycles. The molecule has 0 saturated heterocycles. The fourth-order valence-electron chi connectivity index (χ4n) is 2.87. The molecule has 1 fully saturated rings. The third-order valence-electron chi connectivity index (χ3n) is 4.28. The minimum absolute atomic E-state index is 0.252. The van der Waals surface area contributed by atoms with E-state index < -0.39 is 0 Å². The smallest absolute Gasteiger partial charge is 0.223 e. The van der Waals surface area contributed by atoms with Crippen LogP contribution in [0.25, 0.3) is 0 Å². The highest BCUT2D eigenvalue weighted by Gasteiger charge is 2.23. The van der Waals surface area contributed by atoms with Gasteiger partial charge in [-0.05, 0) is 38.9 Å². The number of benzene rings is 1. The average Bonchev–Trinajstić information content (AvgIpc) is 2.98. The highest BCUT2D eigenvalue weighted by Crippen LogP contribution is 2.24. The molecule has 0 bridgehead atoms. The van der Waals surface area contributed by atoms with Crippen molar-refractivity contribution in [1.82, 2.24) is 10.2 Å². The first-order valence-corrected chi connectivity index (χ1v) is 7.65. The van der Waals surface area contributed by atoms with E-state index in [4.69, 9.17) is 0 Å². The Morgan fingerprint density at radius 2 is 1.90 bits per heavy atom. The van der Waals surface area contributed by atoms with Gasteiger partial charge in [0.1, 0.15) is 0 Å². The lowest BCUT2D eigenvalue weighted by Crippen LogP contribution is -2.43. The lowest BCUT2D eigenvalue weighted by Gasteiger charge is -2.25. The number of nitrogens with one attached hydrogen (secondary N) is 1. The van der Waals surface area contributed by atoms with E-state index in [1.165, 1.54) is 18.4 Å². The molecule has 3 nitrogen and oxygen atoms in total. The second-order valence-corrected chi connectivity index (χ2v) is 6.03. The van der Waals surface area contributed by atoms with Gasteiger partial charge in [0.2, 0.25) is 5.91 Å². The summed E-state index contributed by atoms with van der Waals surface area (Å²) in [7, 11) is 4.16. The van der Waals surface area contributed by atoms with Gasteiger partial charge < -0.3 is 10.2 Å². The van der Waals surface area contributed by atoms with Crippen molar-refractivity contribution in [1.29, 1.82) is 0 Å². The van der Waals surface area contributed by atoms with E-state index >= 15 is 0 Å². The van der Waals surface area contributed by atoms with Crippen LogP contribution in [0.15, 0.2) is 30.3 Å². The molecule has 3 heteroatoms. The Bertz CT molecular complexity index is 410. The zero-order valence-corrected chi connectivity index (χ0v) is 12.6. The molecule has 0 spiro atoms. The van der Waals surface area contributed by atoms with E-state index in [2.05, 4.69) is 48.6 Å². The van der Waals surface area contributed by atoms with Crippen LogP contribution in [0.4, 0.5) is 0 Å². The lowest BCUT2D eigenvalue weighted by molar-refractivity contribution is -0.125. The predicted octanol–water partition coefficient (Wildman–Crippen LogP) is 2.47. The van der Waals surface area contributed by atoms with Gasteiger partial charge in [-0.25, -0.2) is 0 Å². The van der Waals surface area contributed by atoms with Crippen molar-refractivity contribution in [3.8, 4) is 0 Å². The number of hydrogen-bond acceptors (Lipinski definition) is 2. The Morgan fingerprint density at radius 1 is 1.25 bits per heavy atom. The molecule has 0 aromatic heterocycles. The summed E-state index contributed by atoms with van der Waals surface area (Å²) in [6, 6.07) is 10.8. The van der Waals surface area contributed by atoms with Crippen LogP contribution in [-0.4, -0.2) is 37.5 Å². The summed E-state index contributed by atoms with van der Waals surface area (Å²) in [5, 5.41) is 3.15. The number of hydrogen-bond donors (Lipinski definition) is 1. The van der Waals surface area contributed by atoms with E-state index in [0.29, 0.717) is 6.04 Å². The molecule has 0 heterocycles. The molecule has 0 radical (unpaired) electrons. The van der Waals surface area contributed by atoms with Crippen molar-refractivity contribution in [3.05, 3.63) is 35.9 Å². The van der Waals surface area contributed by atoms with Gasteiger partial charge in [0.15, 0.2) is 0 Å². The number of rotatable bonds is 6. The molecule has 1 aliphatic carbocycles. The minimum Gasteiger partial charge on any atom is -0.354 e. The molecule has 1 atom stereocenters. The van der Waals surface area contributed by atoms with Crippen LogP contribution in [0.2, 0.25) is 0 Å². The van der Waals surface area contributed by atoms with E-state index in [-0.39, 0.29) is 11.8 Å². The van der Waals surface area contributed by atoms with Crippen LogP contribution in [0, 0.1) is 5.92 Å². The average molecular weight is 274 g/mol. The minimum atomic E-state index is 0.252. The van der Waals surface area contributed by atoms with Crippen molar-refractivity contribution in [2.75, 3.05) is 20.6 Å². The standard InChI is InChI=1S/C17H26N2O/c1-19(2)16(12-14-8-4-3-5-9-14)13-18-17(20)15-10-6-7-11-15/h3-5,8-9,15-16H,6-7,10-13H2,1-2H3,(H,18,20)/t16-/m0/s1. The second-order valence-electron chi connectivity index (χ2n) is 6.03. The SMILES string of the molecule is CN(C)[C@H](CNC(=O)C1CCCC1)Cc1ccccc1. The first kappa shape index (κ1) is 15.0. The predicted molar refractivity (Wildman–Crippen MR) is 82.6 cm³/mol. The highest BCUT2D eigenvalue weighted by atomic mass is 16.1. The van der Waals surface area contributed by atoms with Gasteiger partial charge in [-0.3, -0.25) is 4.79 Å². The Morgan fingerprint density at radius 3 is 2.50 bits per heavy atom. The van der Waals surface area contributed by atoms with E-state index in [0.717, 1.165) is 25.8 Å². The van der Waals surface area contributed by atoms with E-state index in [1.54, 1.807) is 0 Å². The number of amides is 1. The summed E-state index contributed by atoms with van der Waals surface area (Å²) in [6.45, 7) is 0.733. The van der Waals surface area contributed by atoms with Crippen LogP contribution in [0.3, 0.4) is 0 Å². The largest absolute Gasteiger partial charge is 0.354 e. The van der Waals surface area contributed by atoms with Crippen molar-refractivity contribution in [2.24, 2.45) is 5.92 Å². The van der Waals surface area contributed by atoms with Gasteiger partial charge in [0.25, 0.3) is 0 Å². The first-order valence-electron chi connectivity index (χ1n) is 7.65. The van der Waals surface area contributed by atoms with Crippen molar-refractivity contribution < 1.29 is 4.79 Å². The molecule has 20 heavy (non-hydrogen) atoms. The fraction of sp³-hybridized carbons (Fsp3) is 0.588. The van der Waals surface area contributed by atoms with Crippen LogP contribution < -0.4 is 5.32 Å². The van der Waals surface area contributed by atoms with Gasteiger partial charge in [0.05, 0.1) is 0 Å². The number of carbonyl (C=O) groups is 1. The van der Waals surface area contributed by atoms with Crippen LogP contribution in [0.1, 0.15) is 31.2 Å². The molecule has 2 rings (SSSR count). The zero-order valence-electron chi connectivity index (χ0n) is 12.6. The normalized spacial score (nSPS) is 17.4. The molecule has 1 amide bonds. The highest BCUT2D eigenvalue weighted by molar-refractivity contribution is 5.78. The first-order chi connectivity index (χ1) is 9.66. The number of likely N-dealkylation sites (N-methyl/N-ethyl adjacent to an activating group) is 1. The van der Waals surface area contributed by atoms with Gasteiger partial charge in [-0.1, -0.05) is 43.2 Å². The molecule has 1 N–H and O–H groups in total. The summed E-state index contributed by atoms with van der Waals surface area (Å²) in [4.78, 5) is 14.3.